The molecule has 0 atom stereocenters. The lowest BCUT2D eigenvalue weighted by atomic mass is 9.76. The third kappa shape index (κ3) is 2.07. The molecule has 27 heavy (non-hydrogen) atoms. The summed E-state index contributed by atoms with van der Waals surface area (Å²) in [5.74, 6) is 0. The van der Waals surface area contributed by atoms with Gasteiger partial charge in [-0.1, -0.05) is 50.8 Å². The molecule has 0 radical (unpaired) electrons. The molecule has 132 valence electrons. The van der Waals surface area contributed by atoms with Gasteiger partial charge in [-0.3, -0.25) is 0 Å². The highest BCUT2D eigenvalue weighted by atomic mass is 15.1. The molecule has 0 saturated heterocycles. The second-order valence-electron chi connectivity index (χ2n) is 7.41. The van der Waals surface area contributed by atoms with E-state index in [9.17, 15) is 0 Å². The van der Waals surface area contributed by atoms with E-state index in [0.29, 0.717) is 0 Å². The maximum Gasteiger partial charge on any atom is 0.223 e. The Bertz CT molecular complexity index is 1200. The Morgan fingerprint density at radius 2 is 1.74 bits per heavy atom. The van der Waals surface area contributed by atoms with Crippen LogP contribution in [0.15, 0.2) is 73.4 Å². The fourth-order valence-corrected chi connectivity index (χ4v) is 4.79. The number of nitrogens with zero attached hydrogens (tertiary/aromatic N) is 2. The van der Waals surface area contributed by atoms with Crippen LogP contribution in [0, 0.1) is 0 Å². The van der Waals surface area contributed by atoms with Crippen molar-refractivity contribution in [2.24, 2.45) is 0 Å². The summed E-state index contributed by atoms with van der Waals surface area (Å²) >= 11 is 0. The van der Waals surface area contributed by atoms with Gasteiger partial charge in [-0.2, -0.15) is 4.57 Å². The third-order valence-electron chi connectivity index (χ3n) is 6.32. The predicted octanol–water partition coefficient (Wildman–Crippen LogP) is 5.88. The minimum Gasteiger partial charge on any atom is -0.247 e. The Hall–Kier alpha value is -3.00. The Morgan fingerprint density at radius 1 is 0.963 bits per heavy atom. The largest absolute Gasteiger partial charge is 0.247 e. The maximum absolute atomic E-state index is 5.01. The molecule has 2 aromatic carbocycles. The predicted molar refractivity (Wildman–Crippen MR) is 112 cm³/mol. The molecule has 0 amide bonds. The lowest BCUT2D eigenvalue weighted by molar-refractivity contribution is -0.727. The second kappa shape index (κ2) is 5.75. The average molecular weight is 351 g/mol. The number of allylic oxidation sites excluding steroid dienone is 1. The smallest absolute Gasteiger partial charge is 0.223 e. The van der Waals surface area contributed by atoms with Gasteiger partial charge in [-0.05, 0) is 24.3 Å². The number of hydrogen-bond donors (Lipinski definition) is 0. The van der Waals surface area contributed by atoms with Gasteiger partial charge in [-0.15, -0.1) is 0 Å². The number of aromatic nitrogens is 2. The van der Waals surface area contributed by atoms with Crippen molar-refractivity contribution in [1.29, 1.82) is 0 Å². The monoisotopic (exact) mass is 351 g/mol. The Labute approximate surface area is 159 Å². The molecule has 2 heteroatoms. The summed E-state index contributed by atoms with van der Waals surface area (Å²) in [6.45, 7) is 9.14. The first-order valence-electron chi connectivity index (χ1n) is 9.73. The first-order valence-corrected chi connectivity index (χ1v) is 9.73. The van der Waals surface area contributed by atoms with Crippen molar-refractivity contribution in [2.75, 3.05) is 0 Å². The van der Waals surface area contributed by atoms with E-state index in [2.05, 4.69) is 85.8 Å². The highest BCUT2D eigenvalue weighted by molar-refractivity contribution is 6.10. The van der Waals surface area contributed by atoms with Gasteiger partial charge in [0.05, 0.1) is 16.6 Å². The molecule has 0 fully saturated rings. The van der Waals surface area contributed by atoms with Crippen LogP contribution in [-0.4, -0.2) is 4.98 Å². The normalized spacial score (nSPS) is 15.0. The minimum absolute atomic E-state index is 0.0872. The summed E-state index contributed by atoms with van der Waals surface area (Å²) < 4.78 is 2.45. The van der Waals surface area contributed by atoms with Gasteiger partial charge in [0.2, 0.25) is 5.52 Å². The summed E-state index contributed by atoms with van der Waals surface area (Å²) in [5, 5.41) is 2.49. The SMILES string of the molecule is C=C1c2cc(-c3ccccc3)nc3ccc4ccc[n+](c4c23)C1(CC)CC. The van der Waals surface area contributed by atoms with Crippen LogP contribution in [0.1, 0.15) is 32.3 Å². The molecule has 0 spiro atoms. The zero-order valence-corrected chi connectivity index (χ0v) is 15.9. The molecule has 0 saturated carbocycles. The van der Waals surface area contributed by atoms with Crippen molar-refractivity contribution < 1.29 is 4.57 Å². The van der Waals surface area contributed by atoms with E-state index in [0.717, 1.165) is 29.6 Å². The van der Waals surface area contributed by atoms with Crippen LogP contribution >= 0.6 is 0 Å². The molecule has 0 aliphatic carbocycles. The Balaban J connectivity index is 1.96. The first-order chi connectivity index (χ1) is 13.2. The summed E-state index contributed by atoms with van der Waals surface area (Å²) in [6.07, 6.45) is 4.25. The highest BCUT2D eigenvalue weighted by Crippen LogP contribution is 2.44. The van der Waals surface area contributed by atoms with Gasteiger partial charge in [0.15, 0.2) is 11.7 Å². The zero-order chi connectivity index (χ0) is 18.6. The topological polar surface area (TPSA) is 16.8 Å². The van der Waals surface area contributed by atoms with Crippen LogP contribution in [0.5, 0.6) is 0 Å². The van der Waals surface area contributed by atoms with Crippen LogP contribution in [0.2, 0.25) is 0 Å². The third-order valence-corrected chi connectivity index (χ3v) is 6.32. The molecule has 1 aliphatic heterocycles. The zero-order valence-electron chi connectivity index (χ0n) is 15.9. The number of benzene rings is 2. The van der Waals surface area contributed by atoms with Gasteiger partial charge in [0.25, 0.3) is 0 Å². The first kappa shape index (κ1) is 16.2. The number of rotatable bonds is 3. The van der Waals surface area contributed by atoms with Crippen LogP contribution in [0.4, 0.5) is 0 Å². The molecular formula is C25H23N2+. The molecule has 0 N–H and O–H groups in total. The van der Waals surface area contributed by atoms with Crippen LogP contribution in [0.3, 0.4) is 0 Å². The van der Waals surface area contributed by atoms with Crippen molar-refractivity contribution in [3.63, 3.8) is 0 Å². The summed E-state index contributed by atoms with van der Waals surface area (Å²) in [4.78, 5) is 5.01. The van der Waals surface area contributed by atoms with Crippen molar-refractivity contribution in [1.82, 2.24) is 4.98 Å². The van der Waals surface area contributed by atoms with Crippen molar-refractivity contribution >= 4 is 27.4 Å². The van der Waals surface area contributed by atoms with Crippen molar-refractivity contribution in [3.05, 3.63) is 79.0 Å². The van der Waals surface area contributed by atoms with Gasteiger partial charge in [0.1, 0.15) is 0 Å². The van der Waals surface area contributed by atoms with Gasteiger partial charge in [0, 0.05) is 41.0 Å². The molecule has 2 nitrogen and oxygen atoms in total. The summed E-state index contributed by atoms with van der Waals surface area (Å²) in [7, 11) is 0. The Morgan fingerprint density at radius 3 is 2.48 bits per heavy atom. The highest BCUT2D eigenvalue weighted by Gasteiger charge is 2.45. The van der Waals surface area contributed by atoms with E-state index in [1.807, 2.05) is 6.07 Å². The summed E-state index contributed by atoms with van der Waals surface area (Å²) in [6, 6.07) is 21.4. The van der Waals surface area contributed by atoms with Gasteiger partial charge < -0.3 is 0 Å². The lowest BCUT2D eigenvalue weighted by Gasteiger charge is -2.33. The Kier molecular flexibility index (Phi) is 3.45. The van der Waals surface area contributed by atoms with Crippen molar-refractivity contribution in [2.45, 2.75) is 32.2 Å². The maximum atomic E-state index is 5.01. The fourth-order valence-electron chi connectivity index (χ4n) is 4.79. The van der Waals surface area contributed by atoms with E-state index in [1.165, 1.54) is 27.4 Å². The number of hydrogen-bond acceptors (Lipinski definition) is 1. The van der Waals surface area contributed by atoms with Crippen LogP contribution in [0.25, 0.3) is 38.6 Å². The molecule has 0 bridgehead atoms. The van der Waals surface area contributed by atoms with E-state index in [4.69, 9.17) is 4.98 Å². The summed E-state index contributed by atoms with van der Waals surface area (Å²) in [5.41, 5.74) is 6.86. The molecule has 5 rings (SSSR count). The number of pyridine rings is 2. The van der Waals surface area contributed by atoms with E-state index in [-0.39, 0.29) is 5.54 Å². The molecule has 0 unspecified atom stereocenters. The van der Waals surface area contributed by atoms with Gasteiger partial charge >= 0.3 is 0 Å². The van der Waals surface area contributed by atoms with Crippen molar-refractivity contribution in [3.8, 4) is 11.3 Å². The fraction of sp³-hybridized carbons (Fsp3) is 0.200. The lowest BCUT2D eigenvalue weighted by Crippen LogP contribution is -2.57. The van der Waals surface area contributed by atoms with E-state index in [1.54, 1.807) is 0 Å². The second-order valence-corrected chi connectivity index (χ2v) is 7.41. The van der Waals surface area contributed by atoms with Crippen LogP contribution in [-0.2, 0) is 5.54 Å². The minimum atomic E-state index is -0.0872. The van der Waals surface area contributed by atoms with Crippen LogP contribution < -0.4 is 4.57 Å². The molecule has 1 aliphatic rings. The van der Waals surface area contributed by atoms with E-state index < -0.39 is 0 Å². The molecule has 4 aromatic rings. The molecule has 3 heterocycles. The molecular weight excluding hydrogens is 328 g/mol. The standard InChI is InChI=1S/C25H23N2/c1-4-25(5-2)17(3)20-16-22(18-10-7-6-8-11-18)26-21-14-13-19-12-9-15-27(25)24(19)23(20)21/h6-16H,3-5H2,1-2H3/q+1. The molecule has 2 aromatic heterocycles. The van der Waals surface area contributed by atoms with Gasteiger partial charge in [-0.25, -0.2) is 4.98 Å². The van der Waals surface area contributed by atoms with E-state index >= 15 is 0 Å². The average Bonchev–Trinajstić information content (AvgIpc) is 2.74. The quantitative estimate of drug-likeness (QED) is 0.332.